The molecule has 156 valence electrons. The zero-order chi connectivity index (χ0) is 21.6. The molecular weight excluding hydrogens is 402 g/mol. The van der Waals surface area contributed by atoms with Crippen molar-refractivity contribution in [3.05, 3.63) is 107 Å². The smallest absolute Gasteiger partial charge is 0.229 e. The number of thiazole rings is 1. The van der Waals surface area contributed by atoms with Crippen LogP contribution in [0.3, 0.4) is 0 Å². The highest BCUT2D eigenvalue weighted by molar-refractivity contribution is 7.13. The van der Waals surface area contributed by atoms with Gasteiger partial charge in [0.15, 0.2) is 0 Å². The lowest BCUT2D eigenvalue weighted by molar-refractivity contribution is -0.130. The Morgan fingerprint density at radius 2 is 1.74 bits per heavy atom. The Morgan fingerprint density at radius 3 is 2.42 bits per heavy atom. The van der Waals surface area contributed by atoms with Crippen LogP contribution in [0.2, 0.25) is 0 Å². The van der Waals surface area contributed by atoms with Crippen molar-refractivity contribution in [2.75, 3.05) is 7.05 Å². The molecule has 0 aliphatic carbocycles. The second kappa shape index (κ2) is 9.67. The molecular formula is C26H25N3OS. The summed E-state index contributed by atoms with van der Waals surface area (Å²) in [6.45, 7) is 2.15. The normalized spacial score (nSPS) is 11.8. The maximum absolute atomic E-state index is 13.2. The summed E-state index contributed by atoms with van der Waals surface area (Å²) < 4.78 is 0. The van der Waals surface area contributed by atoms with E-state index in [0.717, 1.165) is 33.9 Å². The molecule has 0 bridgehead atoms. The third kappa shape index (κ3) is 4.89. The number of carbonyl (C=O) groups excluding carboxylic acids is 1. The van der Waals surface area contributed by atoms with Crippen LogP contribution in [0.1, 0.15) is 35.5 Å². The van der Waals surface area contributed by atoms with E-state index in [1.165, 1.54) is 5.56 Å². The van der Waals surface area contributed by atoms with Crippen LogP contribution < -0.4 is 0 Å². The minimum atomic E-state index is -0.241. The van der Waals surface area contributed by atoms with E-state index in [9.17, 15) is 4.79 Å². The van der Waals surface area contributed by atoms with Crippen molar-refractivity contribution < 1.29 is 4.79 Å². The van der Waals surface area contributed by atoms with Gasteiger partial charge in [0.25, 0.3) is 0 Å². The van der Waals surface area contributed by atoms with Crippen LogP contribution >= 0.6 is 11.3 Å². The van der Waals surface area contributed by atoms with Gasteiger partial charge in [-0.2, -0.15) is 0 Å². The van der Waals surface area contributed by atoms with Gasteiger partial charge in [-0.3, -0.25) is 9.78 Å². The summed E-state index contributed by atoms with van der Waals surface area (Å²) >= 11 is 1.58. The molecule has 0 saturated carbocycles. The lowest BCUT2D eigenvalue weighted by Gasteiger charge is -2.28. The number of aromatic nitrogens is 2. The number of likely N-dealkylation sites (N-methyl/N-ethyl adjacent to an activating group) is 1. The first-order chi connectivity index (χ1) is 15.2. The number of aryl methyl sites for hydroxylation is 1. The fraction of sp³-hybridized carbons (Fsp3) is 0.192. The predicted octanol–water partition coefficient (Wildman–Crippen LogP) is 5.56. The van der Waals surface area contributed by atoms with Crippen LogP contribution in [0.15, 0.2) is 84.4 Å². The maximum atomic E-state index is 13.2. The van der Waals surface area contributed by atoms with E-state index in [1.54, 1.807) is 22.4 Å². The molecule has 0 aliphatic heterocycles. The number of hydrogen-bond acceptors (Lipinski definition) is 4. The number of benzene rings is 2. The first kappa shape index (κ1) is 20.9. The largest absolute Gasteiger partial charge is 0.333 e. The van der Waals surface area contributed by atoms with Crippen molar-refractivity contribution in [3.63, 3.8) is 0 Å². The standard InChI is InChI=1S/C26H25N3OS/c1-3-19-12-14-21(15-13-19)26-28-22(18-31-26)17-24(30)29(2)25(20-9-5-4-6-10-20)23-11-7-8-16-27-23/h4-16,18,25H,3,17H2,1-2H3. The van der Waals surface area contributed by atoms with Gasteiger partial charge in [-0.25, -0.2) is 4.98 Å². The molecule has 4 nitrogen and oxygen atoms in total. The Balaban J connectivity index is 1.53. The Kier molecular flexibility index (Phi) is 6.53. The second-order valence-corrected chi connectivity index (χ2v) is 8.30. The molecule has 2 aromatic carbocycles. The minimum Gasteiger partial charge on any atom is -0.333 e. The van der Waals surface area contributed by atoms with Gasteiger partial charge in [-0.15, -0.1) is 11.3 Å². The van der Waals surface area contributed by atoms with Crippen LogP contribution in [-0.2, 0) is 17.6 Å². The third-order valence-electron chi connectivity index (χ3n) is 5.36. The molecule has 0 aliphatic rings. The zero-order valence-electron chi connectivity index (χ0n) is 17.7. The van der Waals surface area contributed by atoms with Crippen molar-refractivity contribution in [2.24, 2.45) is 0 Å². The van der Waals surface area contributed by atoms with E-state index in [1.807, 2.05) is 61.0 Å². The molecule has 0 fully saturated rings. The summed E-state index contributed by atoms with van der Waals surface area (Å²) in [5.74, 6) is 0.0117. The van der Waals surface area contributed by atoms with E-state index in [4.69, 9.17) is 4.98 Å². The van der Waals surface area contributed by atoms with Crippen LogP contribution in [-0.4, -0.2) is 27.8 Å². The summed E-state index contributed by atoms with van der Waals surface area (Å²) in [5, 5.41) is 2.92. The summed E-state index contributed by atoms with van der Waals surface area (Å²) in [5.41, 5.74) is 5.07. The van der Waals surface area contributed by atoms with Crippen molar-refractivity contribution in [2.45, 2.75) is 25.8 Å². The highest BCUT2D eigenvalue weighted by atomic mass is 32.1. The second-order valence-electron chi connectivity index (χ2n) is 7.44. The summed E-state index contributed by atoms with van der Waals surface area (Å²) in [4.78, 5) is 24.2. The maximum Gasteiger partial charge on any atom is 0.229 e. The number of pyridine rings is 1. The molecule has 0 radical (unpaired) electrons. The third-order valence-corrected chi connectivity index (χ3v) is 6.30. The highest BCUT2D eigenvalue weighted by Crippen LogP contribution is 2.28. The highest BCUT2D eigenvalue weighted by Gasteiger charge is 2.25. The van der Waals surface area contributed by atoms with Crippen molar-refractivity contribution in [3.8, 4) is 10.6 Å². The molecule has 1 unspecified atom stereocenters. The number of nitrogens with zero attached hydrogens (tertiary/aromatic N) is 3. The van der Waals surface area contributed by atoms with Crippen LogP contribution in [0.4, 0.5) is 0 Å². The average Bonchev–Trinajstić information content (AvgIpc) is 3.29. The van der Waals surface area contributed by atoms with Crippen LogP contribution in [0.5, 0.6) is 0 Å². The van der Waals surface area contributed by atoms with Gasteiger partial charge in [0, 0.05) is 24.2 Å². The molecule has 1 amide bonds. The van der Waals surface area contributed by atoms with Crippen molar-refractivity contribution in [1.82, 2.24) is 14.9 Å². The van der Waals surface area contributed by atoms with Gasteiger partial charge in [0.1, 0.15) is 5.01 Å². The van der Waals surface area contributed by atoms with Gasteiger partial charge in [-0.1, -0.05) is 67.6 Å². The first-order valence-electron chi connectivity index (χ1n) is 10.4. The van der Waals surface area contributed by atoms with E-state index >= 15 is 0 Å². The van der Waals surface area contributed by atoms with Crippen LogP contribution in [0, 0.1) is 0 Å². The molecule has 0 N–H and O–H groups in total. The number of rotatable bonds is 7. The predicted molar refractivity (Wildman–Crippen MR) is 126 cm³/mol. The van der Waals surface area contributed by atoms with Crippen molar-refractivity contribution >= 4 is 17.2 Å². The lowest BCUT2D eigenvalue weighted by Crippen LogP contribution is -2.33. The van der Waals surface area contributed by atoms with E-state index in [0.29, 0.717) is 0 Å². The Hall–Kier alpha value is -3.31. The van der Waals surface area contributed by atoms with Gasteiger partial charge in [-0.05, 0) is 29.7 Å². The zero-order valence-corrected chi connectivity index (χ0v) is 18.5. The SMILES string of the molecule is CCc1ccc(-c2nc(CC(=O)N(C)C(c3ccccc3)c3ccccn3)cs2)cc1. The molecule has 0 spiro atoms. The summed E-state index contributed by atoms with van der Waals surface area (Å²) in [6, 6.07) is 24.0. The van der Waals surface area contributed by atoms with Gasteiger partial charge < -0.3 is 4.90 Å². The van der Waals surface area contributed by atoms with E-state index in [2.05, 4.69) is 36.2 Å². The van der Waals surface area contributed by atoms with Gasteiger partial charge >= 0.3 is 0 Å². The summed E-state index contributed by atoms with van der Waals surface area (Å²) in [6.07, 6.45) is 3.04. The quantitative estimate of drug-likeness (QED) is 0.388. The van der Waals surface area contributed by atoms with Gasteiger partial charge in [0.2, 0.25) is 5.91 Å². The monoisotopic (exact) mass is 427 g/mol. The fourth-order valence-electron chi connectivity index (χ4n) is 3.59. The molecule has 31 heavy (non-hydrogen) atoms. The molecule has 0 saturated heterocycles. The molecule has 4 aromatic rings. The fourth-order valence-corrected chi connectivity index (χ4v) is 4.42. The van der Waals surface area contributed by atoms with E-state index in [-0.39, 0.29) is 18.4 Å². The molecule has 5 heteroatoms. The number of amides is 1. The molecule has 2 aromatic heterocycles. The lowest BCUT2D eigenvalue weighted by atomic mass is 10.0. The number of hydrogen-bond donors (Lipinski definition) is 0. The Bertz CT molecular complexity index is 1080. The molecule has 4 rings (SSSR count). The molecule has 1 atom stereocenters. The summed E-state index contributed by atoms with van der Waals surface area (Å²) in [7, 11) is 1.84. The van der Waals surface area contributed by atoms with Crippen molar-refractivity contribution in [1.29, 1.82) is 0 Å². The molecule has 2 heterocycles. The van der Waals surface area contributed by atoms with E-state index < -0.39 is 0 Å². The number of carbonyl (C=O) groups is 1. The van der Waals surface area contributed by atoms with Crippen LogP contribution in [0.25, 0.3) is 10.6 Å². The minimum absolute atomic E-state index is 0.0117. The van der Waals surface area contributed by atoms with Gasteiger partial charge in [0.05, 0.1) is 23.9 Å². The first-order valence-corrected chi connectivity index (χ1v) is 11.3. The Labute approximate surface area is 187 Å². The topological polar surface area (TPSA) is 46.1 Å². The average molecular weight is 428 g/mol. The Morgan fingerprint density at radius 1 is 1.00 bits per heavy atom.